The number of carboxylic acid groups (broad SMARTS) is 1. The third kappa shape index (κ3) is 5.58. The van der Waals surface area contributed by atoms with E-state index in [4.69, 9.17) is 10.8 Å². The maximum absolute atomic E-state index is 11.7. The van der Waals surface area contributed by atoms with E-state index in [0.717, 1.165) is 0 Å². The highest BCUT2D eigenvalue weighted by Gasteiger charge is 2.27. The summed E-state index contributed by atoms with van der Waals surface area (Å²) in [5.74, 6) is -2.14. The van der Waals surface area contributed by atoms with E-state index < -0.39 is 30.0 Å². The van der Waals surface area contributed by atoms with Crippen LogP contribution < -0.4 is 16.4 Å². The topological polar surface area (TPSA) is 122 Å². The Balaban J connectivity index is 4.65. The second-order valence-electron chi connectivity index (χ2n) is 4.94. The molecule has 3 amide bonds. The lowest BCUT2D eigenvalue weighted by molar-refractivity contribution is -0.140. The van der Waals surface area contributed by atoms with Gasteiger partial charge in [-0.1, -0.05) is 34.1 Å². The van der Waals surface area contributed by atoms with Gasteiger partial charge in [0.15, 0.2) is 0 Å². The maximum Gasteiger partial charge on any atom is 0.326 e. The summed E-state index contributed by atoms with van der Waals surface area (Å²) >= 11 is 0. The molecule has 110 valence electrons. The van der Waals surface area contributed by atoms with Crippen LogP contribution >= 0.6 is 0 Å². The number of nitrogens with one attached hydrogen (secondary N) is 2. The molecule has 19 heavy (non-hydrogen) atoms. The molecule has 1 unspecified atom stereocenters. The number of amides is 3. The lowest BCUT2D eigenvalue weighted by Gasteiger charge is -2.23. The molecule has 0 spiro atoms. The van der Waals surface area contributed by atoms with Crippen molar-refractivity contribution < 1.29 is 19.5 Å². The largest absolute Gasteiger partial charge is 0.480 e. The fraction of sp³-hybridized carbons (Fsp3) is 0.750. The van der Waals surface area contributed by atoms with Crippen molar-refractivity contribution in [2.75, 3.05) is 0 Å². The normalized spacial score (nSPS) is 15.4. The van der Waals surface area contributed by atoms with Gasteiger partial charge in [0.1, 0.15) is 12.1 Å². The molecule has 0 bridgehead atoms. The Labute approximate surface area is 112 Å². The number of primary amides is 1. The first kappa shape index (κ1) is 17.2. The van der Waals surface area contributed by atoms with Crippen molar-refractivity contribution in [3.8, 4) is 0 Å². The van der Waals surface area contributed by atoms with Gasteiger partial charge in [-0.05, 0) is 11.8 Å². The van der Waals surface area contributed by atoms with Gasteiger partial charge in [-0.3, -0.25) is 4.79 Å². The molecule has 3 atom stereocenters. The van der Waals surface area contributed by atoms with Gasteiger partial charge in [-0.15, -0.1) is 0 Å². The molecule has 0 saturated heterocycles. The number of hydrogen-bond acceptors (Lipinski definition) is 3. The van der Waals surface area contributed by atoms with Gasteiger partial charge in [-0.25, -0.2) is 9.59 Å². The molecule has 7 heteroatoms. The first-order valence-electron chi connectivity index (χ1n) is 6.29. The third-order valence-electron chi connectivity index (χ3n) is 3.03. The molecule has 0 radical (unpaired) electrons. The van der Waals surface area contributed by atoms with Gasteiger partial charge in [0.2, 0.25) is 5.91 Å². The Morgan fingerprint density at radius 1 is 1.11 bits per heavy atom. The van der Waals surface area contributed by atoms with Crippen LogP contribution in [-0.4, -0.2) is 35.1 Å². The summed E-state index contributed by atoms with van der Waals surface area (Å²) in [5.41, 5.74) is 5.16. The van der Waals surface area contributed by atoms with Crippen LogP contribution in [-0.2, 0) is 9.59 Å². The number of nitrogens with two attached hydrogens (primary N) is 1. The Bertz CT molecular complexity index is 344. The molecule has 0 aliphatic rings. The second-order valence-corrected chi connectivity index (χ2v) is 4.94. The molecule has 0 aliphatic heterocycles. The number of hydrogen-bond donors (Lipinski definition) is 4. The van der Waals surface area contributed by atoms with E-state index in [2.05, 4.69) is 10.6 Å². The van der Waals surface area contributed by atoms with Crippen molar-refractivity contribution in [2.24, 2.45) is 17.6 Å². The minimum atomic E-state index is -1.11. The molecule has 0 saturated carbocycles. The van der Waals surface area contributed by atoms with E-state index in [9.17, 15) is 14.4 Å². The fourth-order valence-electron chi connectivity index (χ4n) is 1.57. The van der Waals surface area contributed by atoms with Gasteiger partial charge in [0.05, 0.1) is 0 Å². The molecule has 0 aromatic heterocycles. The highest BCUT2D eigenvalue weighted by molar-refractivity contribution is 5.88. The predicted octanol–water partition coefficient (Wildman–Crippen LogP) is 0.295. The molecular weight excluding hydrogens is 250 g/mol. The predicted molar refractivity (Wildman–Crippen MR) is 70.4 cm³/mol. The SMILES string of the molecule is CC[C@H](C)[C@H](NC(=O)NC(C(N)=O)C(C)C)C(=O)O. The van der Waals surface area contributed by atoms with Crippen molar-refractivity contribution in [1.82, 2.24) is 10.6 Å². The van der Waals surface area contributed by atoms with Crippen LogP contribution in [0, 0.1) is 11.8 Å². The molecule has 0 heterocycles. The summed E-state index contributed by atoms with van der Waals surface area (Å²) in [5, 5.41) is 13.8. The maximum atomic E-state index is 11.7. The van der Waals surface area contributed by atoms with Crippen LogP contribution in [0.15, 0.2) is 0 Å². The van der Waals surface area contributed by atoms with E-state index >= 15 is 0 Å². The third-order valence-corrected chi connectivity index (χ3v) is 3.03. The van der Waals surface area contributed by atoms with Crippen LogP contribution in [0.4, 0.5) is 4.79 Å². The summed E-state index contributed by atoms with van der Waals surface area (Å²) in [4.78, 5) is 33.9. The van der Waals surface area contributed by atoms with E-state index in [1.54, 1.807) is 20.8 Å². The Kier molecular flexibility index (Phi) is 6.89. The summed E-state index contributed by atoms with van der Waals surface area (Å²) in [6, 6.07) is -2.53. The molecule has 7 nitrogen and oxygen atoms in total. The number of carbonyl (C=O) groups is 3. The average Bonchev–Trinajstić information content (AvgIpc) is 2.30. The van der Waals surface area contributed by atoms with Gasteiger partial charge in [0.25, 0.3) is 0 Å². The lowest BCUT2D eigenvalue weighted by atomic mass is 9.99. The van der Waals surface area contributed by atoms with E-state index in [1.807, 2.05) is 6.92 Å². The zero-order valence-corrected chi connectivity index (χ0v) is 11.8. The highest BCUT2D eigenvalue weighted by Crippen LogP contribution is 2.08. The van der Waals surface area contributed by atoms with E-state index in [1.165, 1.54) is 0 Å². The van der Waals surface area contributed by atoms with Crippen LogP contribution in [0.25, 0.3) is 0 Å². The molecule has 0 aromatic rings. The van der Waals surface area contributed by atoms with Crippen molar-refractivity contribution in [2.45, 2.75) is 46.2 Å². The molecule has 0 aromatic carbocycles. The zero-order valence-electron chi connectivity index (χ0n) is 11.8. The minimum absolute atomic E-state index is 0.171. The zero-order chi connectivity index (χ0) is 15.2. The van der Waals surface area contributed by atoms with Crippen LogP contribution in [0.1, 0.15) is 34.1 Å². The standard InChI is InChI=1S/C12H23N3O4/c1-5-7(4)9(11(17)18)15-12(19)14-8(6(2)3)10(13)16/h6-9H,5H2,1-4H3,(H2,13,16)(H,17,18)(H2,14,15,19)/t7-,8?,9-/m0/s1. The number of aliphatic carboxylic acids is 1. The quantitative estimate of drug-likeness (QED) is 0.532. The molecule has 0 fully saturated rings. The first-order chi connectivity index (χ1) is 8.70. The fourth-order valence-corrected chi connectivity index (χ4v) is 1.57. The van der Waals surface area contributed by atoms with Gasteiger partial charge < -0.3 is 21.5 Å². The Morgan fingerprint density at radius 2 is 1.58 bits per heavy atom. The van der Waals surface area contributed by atoms with Gasteiger partial charge in [-0.2, -0.15) is 0 Å². The van der Waals surface area contributed by atoms with Crippen molar-refractivity contribution in [3.05, 3.63) is 0 Å². The van der Waals surface area contributed by atoms with Crippen molar-refractivity contribution >= 4 is 17.9 Å². The van der Waals surface area contributed by atoms with Crippen LogP contribution in [0.3, 0.4) is 0 Å². The van der Waals surface area contributed by atoms with Crippen molar-refractivity contribution in [3.63, 3.8) is 0 Å². The molecule has 5 N–H and O–H groups in total. The number of rotatable bonds is 7. The van der Waals surface area contributed by atoms with Crippen LogP contribution in [0.5, 0.6) is 0 Å². The van der Waals surface area contributed by atoms with Gasteiger partial charge in [0, 0.05) is 0 Å². The Hall–Kier alpha value is -1.79. The van der Waals surface area contributed by atoms with E-state index in [0.29, 0.717) is 6.42 Å². The van der Waals surface area contributed by atoms with Crippen molar-refractivity contribution in [1.29, 1.82) is 0 Å². The summed E-state index contributed by atoms with van der Waals surface area (Å²) in [6.45, 7) is 7.03. The lowest BCUT2D eigenvalue weighted by Crippen LogP contribution is -2.55. The van der Waals surface area contributed by atoms with Crippen LogP contribution in [0.2, 0.25) is 0 Å². The monoisotopic (exact) mass is 273 g/mol. The second kappa shape index (κ2) is 7.60. The van der Waals surface area contributed by atoms with E-state index in [-0.39, 0.29) is 11.8 Å². The number of urea groups is 1. The van der Waals surface area contributed by atoms with Gasteiger partial charge >= 0.3 is 12.0 Å². The molecular formula is C12H23N3O4. The first-order valence-corrected chi connectivity index (χ1v) is 6.29. The summed E-state index contributed by atoms with van der Waals surface area (Å²) < 4.78 is 0. The molecule has 0 rings (SSSR count). The molecule has 0 aliphatic carbocycles. The minimum Gasteiger partial charge on any atom is -0.480 e. The summed E-state index contributed by atoms with van der Waals surface area (Å²) in [6.07, 6.45) is 0.612. The smallest absolute Gasteiger partial charge is 0.326 e. The highest BCUT2D eigenvalue weighted by atomic mass is 16.4. The number of carbonyl (C=O) groups excluding carboxylic acids is 2. The summed E-state index contributed by atoms with van der Waals surface area (Å²) in [7, 11) is 0. The Morgan fingerprint density at radius 3 is 1.89 bits per heavy atom. The average molecular weight is 273 g/mol. The number of carboxylic acids is 1.